The summed E-state index contributed by atoms with van der Waals surface area (Å²) < 4.78 is 5.05. The van der Waals surface area contributed by atoms with E-state index in [0.717, 1.165) is 5.56 Å². The molecule has 13 heavy (non-hydrogen) atoms. The fourth-order valence-electron chi connectivity index (χ4n) is 1.25. The molecule has 0 bridgehead atoms. The Bertz CT molecular complexity index is 514. The predicted molar refractivity (Wildman–Crippen MR) is 49.8 cm³/mol. The number of nitrogens with zero attached hydrogens (tertiary/aromatic N) is 1. The Labute approximate surface area is 75.0 Å². The Hall–Kier alpha value is -1.64. The van der Waals surface area contributed by atoms with E-state index in [1.165, 1.54) is 0 Å². The maximum Gasteiger partial charge on any atom is 0.214 e. The van der Waals surface area contributed by atoms with Crippen LogP contribution >= 0.6 is 0 Å². The minimum absolute atomic E-state index is 0.0544. The first-order valence-corrected chi connectivity index (χ1v) is 4.05. The van der Waals surface area contributed by atoms with E-state index in [1.54, 1.807) is 13.0 Å². The average Bonchev–Trinajstić information content (AvgIpc) is 2.12. The van der Waals surface area contributed by atoms with Crippen LogP contribution in [0, 0.1) is 13.8 Å². The molecule has 0 saturated carbocycles. The van der Waals surface area contributed by atoms with E-state index < -0.39 is 0 Å². The monoisotopic (exact) mass is 175 g/mol. The molecule has 0 saturated heterocycles. The number of aromatic nitrogens is 1. The molecular weight excluding hydrogens is 166 g/mol. The van der Waals surface area contributed by atoms with Gasteiger partial charge in [0.05, 0.1) is 5.39 Å². The van der Waals surface area contributed by atoms with Gasteiger partial charge in [-0.25, -0.2) is 0 Å². The summed E-state index contributed by atoms with van der Waals surface area (Å²) in [5.41, 5.74) is 1.95. The fraction of sp³-hybridized carbons (Fsp3) is 0.200. The Morgan fingerprint density at radius 2 is 2.08 bits per heavy atom. The number of hydrogen-bond donors (Lipinski definition) is 0. The first-order chi connectivity index (χ1) is 6.18. The fourth-order valence-corrected chi connectivity index (χ4v) is 1.25. The molecule has 66 valence electrons. The van der Waals surface area contributed by atoms with Gasteiger partial charge in [-0.1, -0.05) is 11.2 Å². The number of benzene rings is 1. The van der Waals surface area contributed by atoms with Crippen molar-refractivity contribution in [2.45, 2.75) is 13.8 Å². The molecule has 0 spiro atoms. The second-order valence-electron chi connectivity index (χ2n) is 3.10. The lowest BCUT2D eigenvalue weighted by Gasteiger charge is -1.96. The summed E-state index contributed by atoms with van der Waals surface area (Å²) in [4.78, 5) is 11.5. The highest BCUT2D eigenvalue weighted by Gasteiger charge is 2.03. The van der Waals surface area contributed by atoms with Crippen LogP contribution < -0.4 is 5.43 Å². The van der Waals surface area contributed by atoms with Crippen LogP contribution in [0.1, 0.15) is 11.3 Å². The minimum Gasteiger partial charge on any atom is -0.356 e. The van der Waals surface area contributed by atoms with Gasteiger partial charge >= 0.3 is 0 Å². The van der Waals surface area contributed by atoms with Crippen LogP contribution in [0.2, 0.25) is 0 Å². The first kappa shape index (κ1) is 7.98. The molecule has 0 fully saturated rings. The zero-order chi connectivity index (χ0) is 9.42. The predicted octanol–water partition coefficient (Wildman–Crippen LogP) is 1.80. The molecule has 3 nitrogen and oxygen atoms in total. The Morgan fingerprint density at radius 3 is 2.85 bits per heavy atom. The normalized spacial score (nSPS) is 10.6. The molecule has 1 aromatic heterocycles. The van der Waals surface area contributed by atoms with Crippen molar-refractivity contribution in [3.63, 3.8) is 0 Å². The summed E-state index contributed by atoms with van der Waals surface area (Å²) in [5.74, 6) is 0. The number of hydrogen-bond acceptors (Lipinski definition) is 3. The quantitative estimate of drug-likeness (QED) is 0.613. The molecule has 3 heteroatoms. The van der Waals surface area contributed by atoms with E-state index in [2.05, 4.69) is 5.16 Å². The molecule has 0 radical (unpaired) electrons. The van der Waals surface area contributed by atoms with Crippen LogP contribution in [0.5, 0.6) is 0 Å². The van der Waals surface area contributed by atoms with Gasteiger partial charge in [0.25, 0.3) is 0 Å². The lowest BCUT2D eigenvalue weighted by atomic mass is 10.1. The third kappa shape index (κ3) is 1.22. The molecule has 0 aliphatic heterocycles. The van der Waals surface area contributed by atoms with Crippen LogP contribution in [0.15, 0.2) is 27.5 Å². The summed E-state index contributed by atoms with van der Waals surface area (Å²) in [6, 6.07) is 5.47. The highest BCUT2D eigenvalue weighted by molar-refractivity contribution is 5.76. The molecule has 0 atom stereocenters. The summed E-state index contributed by atoms with van der Waals surface area (Å²) in [6.07, 6.45) is 0. The van der Waals surface area contributed by atoms with Crippen LogP contribution in [0.3, 0.4) is 0 Å². The second-order valence-corrected chi connectivity index (χ2v) is 3.10. The van der Waals surface area contributed by atoms with Gasteiger partial charge in [0.2, 0.25) is 5.43 Å². The molecular formula is C10H9NO2. The topological polar surface area (TPSA) is 43.1 Å². The van der Waals surface area contributed by atoms with Crippen molar-refractivity contribution in [2.24, 2.45) is 0 Å². The summed E-state index contributed by atoms with van der Waals surface area (Å²) in [5, 5.41) is 4.26. The Balaban J connectivity index is 2.95. The SMILES string of the molecule is Cc1ccc2c(=O)c(C)noc2c1. The van der Waals surface area contributed by atoms with E-state index in [0.29, 0.717) is 16.7 Å². The molecule has 0 unspecified atom stereocenters. The van der Waals surface area contributed by atoms with E-state index in [-0.39, 0.29) is 5.43 Å². The van der Waals surface area contributed by atoms with E-state index >= 15 is 0 Å². The average molecular weight is 175 g/mol. The molecule has 1 heterocycles. The maximum atomic E-state index is 11.5. The van der Waals surface area contributed by atoms with Crippen molar-refractivity contribution < 1.29 is 4.52 Å². The van der Waals surface area contributed by atoms with E-state index in [1.807, 2.05) is 19.1 Å². The van der Waals surface area contributed by atoms with Crippen LogP contribution in [-0.4, -0.2) is 5.16 Å². The zero-order valence-electron chi connectivity index (χ0n) is 7.50. The lowest BCUT2D eigenvalue weighted by molar-refractivity contribution is 0.432. The van der Waals surface area contributed by atoms with Crippen LogP contribution in [-0.2, 0) is 0 Å². The Kier molecular flexibility index (Phi) is 1.65. The van der Waals surface area contributed by atoms with Crippen molar-refractivity contribution in [3.8, 4) is 0 Å². The van der Waals surface area contributed by atoms with Gasteiger partial charge in [-0.3, -0.25) is 4.79 Å². The van der Waals surface area contributed by atoms with E-state index in [4.69, 9.17) is 4.52 Å². The minimum atomic E-state index is -0.0544. The third-order valence-corrected chi connectivity index (χ3v) is 1.99. The highest BCUT2D eigenvalue weighted by Crippen LogP contribution is 2.10. The van der Waals surface area contributed by atoms with Crippen molar-refractivity contribution in [1.82, 2.24) is 5.16 Å². The summed E-state index contributed by atoms with van der Waals surface area (Å²) in [7, 11) is 0. The van der Waals surface area contributed by atoms with Gasteiger partial charge in [0, 0.05) is 0 Å². The number of fused-ring (bicyclic) bond motifs is 1. The molecule has 0 aliphatic carbocycles. The number of aryl methyl sites for hydroxylation is 2. The zero-order valence-corrected chi connectivity index (χ0v) is 7.50. The Morgan fingerprint density at radius 1 is 1.31 bits per heavy atom. The smallest absolute Gasteiger partial charge is 0.214 e. The highest BCUT2D eigenvalue weighted by atomic mass is 16.5. The standard InChI is InChI=1S/C10H9NO2/c1-6-3-4-8-9(5-6)13-11-7(2)10(8)12/h3-5H,1-2H3. The lowest BCUT2D eigenvalue weighted by Crippen LogP contribution is -2.07. The molecule has 2 rings (SSSR count). The van der Waals surface area contributed by atoms with Crippen molar-refractivity contribution >= 4 is 11.0 Å². The van der Waals surface area contributed by atoms with Crippen molar-refractivity contribution in [1.29, 1.82) is 0 Å². The van der Waals surface area contributed by atoms with Crippen molar-refractivity contribution in [3.05, 3.63) is 39.7 Å². The van der Waals surface area contributed by atoms with Gasteiger partial charge in [-0.05, 0) is 31.5 Å². The molecule has 0 aliphatic rings. The first-order valence-electron chi connectivity index (χ1n) is 4.05. The van der Waals surface area contributed by atoms with Gasteiger partial charge in [-0.2, -0.15) is 0 Å². The molecule has 1 aromatic carbocycles. The van der Waals surface area contributed by atoms with Crippen LogP contribution in [0.25, 0.3) is 11.0 Å². The van der Waals surface area contributed by atoms with E-state index in [9.17, 15) is 4.79 Å². The second kappa shape index (κ2) is 2.69. The molecule has 0 N–H and O–H groups in total. The number of rotatable bonds is 0. The summed E-state index contributed by atoms with van der Waals surface area (Å²) >= 11 is 0. The van der Waals surface area contributed by atoms with Gasteiger partial charge in [0.1, 0.15) is 5.69 Å². The summed E-state index contributed by atoms with van der Waals surface area (Å²) in [6.45, 7) is 3.59. The van der Waals surface area contributed by atoms with Crippen LogP contribution in [0.4, 0.5) is 0 Å². The van der Waals surface area contributed by atoms with Gasteiger partial charge < -0.3 is 4.52 Å². The molecule has 0 amide bonds. The third-order valence-electron chi connectivity index (χ3n) is 1.99. The maximum absolute atomic E-state index is 11.5. The molecule has 2 aromatic rings. The van der Waals surface area contributed by atoms with Crippen molar-refractivity contribution in [2.75, 3.05) is 0 Å². The largest absolute Gasteiger partial charge is 0.356 e. The van der Waals surface area contributed by atoms with Gasteiger partial charge in [-0.15, -0.1) is 0 Å². The van der Waals surface area contributed by atoms with Gasteiger partial charge in [0.15, 0.2) is 5.58 Å².